The van der Waals surface area contributed by atoms with Crippen LogP contribution in [0.25, 0.3) is 0 Å². The minimum atomic E-state index is -0.594. The molecule has 0 saturated carbocycles. The summed E-state index contributed by atoms with van der Waals surface area (Å²) in [6.45, 7) is 1.46. The summed E-state index contributed by atoms with van der Waals surface area (Å²) in [5.41, 5.74) is 3.99. The molecule has 0 N–H and O–H groups in total. The first-order chi connectivity index (χ1) is 19.7. The van der Waals surface area contributed by atoms with Gasteiger partial charge in [0.25, 0.3) is 0 Å². The number of rotatable bonds is 12. The molecule has 4 aromatic carbocycles. The van der Waals surface area contributed by atoms with E-state index in [-0.39, 0.29) is 18.6 Å². The zero-order valence-corrected chi connectivity index (χ0v) is 22.4. The van der Waals surface area contributed by atoms with Crippen LogP contribution in [0.3, 0.4) is 0 Å². The normalized spacial score (nSPS) is 15.4. The first-order valence-electron chi connectivity index (χ1n) is 13.6. The molecule has 6 heteroatoms. The fraction of sp³-hybridized carbons (Fsp3) is 0.235. The van der Waals surface area contributed by atoms with Crippen LogP contribution >= 0.6 is 0 Å². The van der Waals surface area contributed by atoms with E-state index < -0.39 is 12.0 Å². The SMILES string of the molecule is O=C1OC[C@@H](Cc2ccccc2)N1C(=O)[C@H](CCOCc1ccccc1)c1ccc(OCc2ccccc2)cc1. The van der Waals surface area contributed by atoms with Gasteiger partial charge in [-0.05, 0) is 47.2 Å². The molecule has 4 aromatic rings. The summed E-state index contributed by atoms with van der Waals surface area (Å²) in [6, 6.07) is 36.9. The third-order valence-electron chi connectivity index (χ3n) is 7.00. The lowest BCUT2D eigenvalue weighted by molar-refractivity contribution is -0.131. The van der Waals surface area contributed by atoms with Gasteiger partial charge >= 0.3 is 6.09 Å². The van der Waals surface area contributed by atoms with Gasteiger partial charge in [-0.25, -0.2) is 9.69 Å². The zero-order valence-electron chi connectivity index (χ0n) is 22.4. The summed E-state index contributed by atoms with van der Waals surface area (Å²) in [7, 11) is 0. The maximum absolute atomic E-state index is 14.0. The van der Waals surface area contributed by atoms with Crippen molar-refractivity contribution in [2.24, 2.45) is 0 Å². The second-order valence-corrected chi connectivity index (χ2v) is 9.85. The highest BCUT2D eigenvalue weighted by Crippen LogP contribution is 2.29. The number of benzene rings is 4. The predicted octanol–water partition coefficient (Wildman–Crippen LogP) is 6.55. The third kappa shape index (κ3) is 7.16. The van der Waals surface area contributed by atoms with Crippen LogP contribution in [-0.2, 0) is 33.9 Å². The summed E-state index contributed by atoms with van der Waals surface area (Å²) >= 11 is 0. The van der Waals surface area contributed by atoms with Crippen LogP contribution in [0, 0.1) is 0 Å². The van der Waals surface area contributed by atoms with E-state index >= 15 is 0 Å². The summed E-state index contributed by atoms with van der Waals surface area (Å²) in [4.78, 5) is 28.0. The molecule has 0 radical (unpaired) electrons. The van der Waals surface area contributed by atoms with Gasteiger partial charge in [0.15, 0.2) is 0 Å². The molecule has 0 aromatic heterocycles. The molecule has 0 bridgehead atoms. The number of cyclic esters (lactones) is 1. The summed E-state index contributed by atoms with van der Waals surface area (Å²) in [5.74, 6) is -0.130. The molecule has 2 amide bonds. The molecule has 5 rings (SSSR count). The molecule has 2 atom stereocenters. The van der Waals surface area contributed by atoms with E-state index in [1.165, 1.54) is 4.90 Å². The van der Waals surface area contributed by atoms with Crippen molar-refractivity contribution in [2.45, 2.75) is 38.0 Å². The van der Waals surface area contributed by atoms with Crippen molar-refractivity contribution < 1.29 is 23.8 Å². The van der Waals surface area contributed by atoms with Crippen molar-refractivity contribution in [3.8, 4) is 5.75 Å². The van der Waals surface area contributed by atoms with Crippen molar-refractivity contribution >= 4 is 12.0 Å². The number of carbonyl (C=O) groups is 2. The van der Waals surface area contributed by atoms with Crippen LogP contribution < -0.4 is 4.74 Å². The average molecular weight is 536 g/mol. The zero-order chi connectivity index (χ0) is 27.6. The van der Waals surface area contributed by atoms with Gasteiger partial charge in [0, 0.05) is 6.61 Å². The highest BCUT2D eigenvalue weighted by atomic mass is 16.6. The molecule has 6 nitrogen and oxygen atoms in total. The van der Waals surface area contributed by atoms with Crippen molar-refractivity contribution in [3.63, 3.8) is 0 Å². The van der Waals surface area contributed by atoms with Crippen molar-refractivity contribution in [2.75, 3.05) is 13.2 Å². The fourth-order valence-corrected chi connectivity index (χ4v) is 4.87. The van der Waals surface area contributed by atoms with Crippen LogP contribution in [-0.4, -0.2) is 36.2 Å². The highest BCUT2D eigenvalue weighted by Gasteiger charge is 2.41. The lowest BCUT2D eigenvalue weighted by atomic mass is 9.93. The molecule has 1 aliphatic rings. The highest BCUT2D eigenvalue weighted by molar-refractivity contribution is 5.97. The summed E-state index contributed by atoms with van der Waals surface area (Å²) in [5, 5.41) is 0. The van der Waals surface area contributed by atoms with Crippen LogP contribution in [0.1, 0.15) is 34.6 Å². The minimum Gasteiger partial charge on any atom is -0.489 e. The summed E-state index contributed by atoms with van der Waals surface area (Å²) < 4.78 is 17.2. The quantitative estimate of drug-likeness (QED) is 0.193. The van der Waals surface area contributed by atoms with Gasteiger partial charge in [-0.1, -0.05) is 103 Å². The van der Waals surface area contributed by atoms with Crippen LogP contribution in [0.5, 0.6) is 5.75 Å². The van der Waals surface area contributed by atoms with Gasteiger partial charge in [-0.2, -0.15) is 0 Å². The van der Waals surface area contributed by atoms with Gasteiger partial charge in [-0.3, -0.25) is 4.79 Å². The number of nitrogens with zero attached hydrogens (tertiary/aromatic N) is 1. The maximum atomic E-state index is 14.0. The second-order valence-electron chi connectivity index (χ2n) is 9.85. The van der Waals surface area contributed by atoms with Gasteiger partial charge in [0.1, 0.15) is 19.0 Å². The topological polar surface area (TPSA) is 65.1 Å². The summed E-state index contributed by atoms with van der Waals surface area (Å²) in [6.07, 6.45) is 0.378. The molecule has 1 saturated heterocycles. The van der Waals surface area contributed by atoms with E-state index in [1.807, 2.05) is 115 Å². The lowest BCUT2D eigenvalue weighted by Gasteiger charge is -2.25. The number of hydrogen-bond donors (Lipinski definition) is 0. The van der Waals surface area contributed by atoms with Crippen LogP contribution in [0.2, 0.25) is 0 Å². The monoisotopic (exact) mass is 535 g/mol. The Morgan fingerprint density at radius 2 is 1.35 bits per heavy atom. The van der Waals surface area contributed by atoms with E-state index in [9.17, 15) is 9.59 Å². The van der Waals surface area contributed by atoms with Crippen molar-refractivity contribution in [1.82, 2.24) is 4.90 Å². The second kappa shape index (κ2) is 13.6. The Morgan fingerprint density at radius 1 is 0.775 bits per heavy atom. The largest absolute Gasteiger partial charge is 0.489 e. The smallest absolute Gasteiger partial charge is 0.417 e. The molecule has 40 heavy (non-hydrogen) atoms. The molecule has 1 aliphatic heterocycles. The van der Waals surface area contributed by atoms with Crippen LogP contribution in [0.4, 0.5) is 4.79 Å². The number of amides is 2. The van der Waals surface area contributed by atoms with Gasteiger partial charge in [0.2, 0.25) is 5.91 Å². The Balaban J connectivity index is 1.30. The van der Waals surface area contributed by atoms with E-state index in [1.54, 1.807) is 0 Å². The fourth-order valence-electron chi connectivity index (χ4n) is 4.87. The lowest BCUT2D eigenvalue weighted by Crippen LogP contribution is -2.43. The standard InChI is InChI=1S/C34H33NO5/c36-33(35-30(25-40-34(35)37)22-26-10-4-1-5-11-26)32(20-21-38-23-27-12-6-2-7-13-27)29-16-18-31(19-17-29)39-24-28-14-8-3-9-15-28/h1-19,30,32H,20-25H2/t30-,32-/m1/s1. The molecular formula is C34H33NO5. The van der Waals surface area contributed by atoms with Gasteiger partial charge in [-0.15, -0.1) is 0 Å². The molecule has 1 fully saturated rings. The average Bonchev–Trinajstić information content (AvgIpc) is 3.37. The molecule has 204 valence electrons. The Labute approximate surface area is 235 Å². The van der Waals surface area contributed by atoms with Gasteiger partial charge < -0.3 is 14.2 Å². The van der Waals surface area contributed by atoms with E-state index in [2.05, 4.69) is 0 Å². The Bertz CT molecular complexity index is 1360. The Morgan fingerprint density at radius 3 is 1.98 bits per heavy atom. The molecule has 0 spiro atoms. The number of imide groups is 1. The number of hydrogen-bond acceptors (Lipinski definition) is 5. The Kier molecular flexibility index (Phi) is 9.22. The molecular weight excluding hydrogens is 502 g/mol. The van der Waals surface area contributed by atoms with Crippen molar-refractivity contribution in [1.29, 1.82) is 0 Å². The van der Waals surface area contributed by atoms with E-state index in [0.29, 0.717) is 38.4 Å². The first kappa shape index (κ1) is 27.2. The first-order valence-corrected chi connectivity index (χ1v) is 13.6. The van der Waals surface area contributed by atoms with Crippen molar-refractivity contribution in [3.05, 3.63) is 138 Å². The maximum Gasteiger partial charge on any atom is 0.417 e. The predicted molar refractivity (Wildman–Crippen MR) is 153 cm³/mol. The Hall–Kier alpha value is -4.42. The van der Waals surface area contributed by atoms with Gasteiger partial charge in [0.05, 0.1) is 18.6 Å². The molecule has 0 aliphatic carbocycles. The minimum absolute atomic E-state index is 0.183. The molecule has 1 heterocycles. The van der Waals surface area contributed by atoms with E-state index in [0.717, 1.165) is 22.3 Å². The number of ether oxygens (including phenoxy) is 3. The molecule has 0 unspecified atom stereocenters. The third-order valence-corrected chi connectivity index (χ3v) is 7.00. The van der Waals surface area contributed by atoms with E-state index in [4.69, 9.17) is 14.2 Å². The number of carbonyl (C=O) groups excluding carboxylic acids is 2. The van der Waals surface area contributed by atoms with Crippen LogP contribution in [0.15, 0.2) is 115 Å².